The number of carbonyl (C=O) groups excluding carboxylic acids is 1. The minimum atomic E-state index is -3.89. The molecule has 1 aliphatic carbocycles. The molecule has 0 radical (unpaired) electrons. The lowest BCUT2D eigenvalue weighted by Crippen LogP contribution is -2.45. The highest BCUT2D eigenvalue weighted by molar-refractivity contribution is 7.89. The summed E-state index contributed by atoms with van der Waals surface area (Å²) in [5.74, 6) is 0.278. The predicted molar refractivity (Wildman–Crippen MR) is 119 cm³/mol. The topological polar surface area (TPSA) is 86.7 Å². The smallest absolute Gasteiger partial charge is 0.243 e. The highest BCUT2D eigenvalue weighted by atomic mass is 32.2. The number of aliphatic hydroxyl groups excluding tert-OH is 1. The van der Waals surface area contributed by atoms with Crippen LogP contribution >= 0.6 is 0 Å². The lowest BCUT2D eigenvalue weighted by Gasteiger charge is -2.26. The number of β-amino-alcohol motifs (C(OH)–C–C–N with tert-alkyl or cyclic N) is 1. The molecule has 2 unspecified atom stereocenters. The number of carbonyl (C=O) groups is 1. The van der Waals surface area contributed by atoms with E-state index in [9.17, 15) is 18.3 Å². The first kappa shape index (κ1) is 22.0. The van der Waals surface area contributed by atoms with Crippen LogP contribution < -0.4 is 5.32 Å². The van der Waals surface area contributed by atoms with E-state index in [0.717, 1.165) is 21.0 Å². The molecule has 2 aliphatic rings. The molecule has 1 saturated heterocycles. The van der Waals surface area contributed by atoms with Crippen LogP contribution in [0.4, 0.5) is 0 Å². The number of hydrogen-bond acceptors (Lipinski definition) is 4. The van der Waals surface area contributed by atoms with E-state index >= 15 is 0 Å². The number of aryl methyl sites for hydroxylation is 2. The Morgan fingerprint density at radius 3 is 2.42 bits per heavy atom. The van der Waals surface area contributed by atoms with Gasteiger partial charge in [-0.15, -0.1) is 0 Å². The third-order valence-corrected chi connectivity index (χ3v) is 8.51. The summed E-state index contributed by atoms with van der Waals surface area (Å²) in [6.45, 7) is 4.02. The molecule has 1 aliphatic heterocycles. The number of benzene rings is 2. The SMILES string of the molecule is Cc1ccc(S(=O)(=O)N2CC(O)CC2C(=O)NCc2ccc(C3CCC3)cc2)cc1C. The fourth-order valence-corrected chi connectivity index (χ4v) is 5.98. The van der Waals surface area contributed by atoms with Gasteiger partial charge in [-0.05, 0) is 67.0 Å². The number of hydrogen-bond donors (Lipinski definition) is 2. The van der Waals surface area contributed by atoms with Crippen molar-refractivity contribution >= 4 is 15.9 Å². The van der Waals surface area contributed by atoms with Gasteiger partial charge in [-0.2, -0.15) is 4.31 Å². The van der Waals surface area contributed by atoms with Crippen molar-refractivity contribution in [2.24, 2.45) is 0 Å². The normalized spacial score (nSPS) is 22.3. The van der Waals surface area contributed by atoms with Gasteiger partial charge >= 0.3 is 0 Å². The van der Waals surface area contributed by atoms with E-state index in [0.29, 0.717) is 12.5 Å². The molecule has 2 aromatic carbocycles. The van der Waals surface area contributed by atoms with E-state index in [1.54, 1.807) is 18.2 Å². The summed E-state index contributed by atoms with van der Waals surface area (Å²) in [4.78, 5) is 13.0. The Morgan fingerprint density at radius 2 is 1.81 bits per heavy atom. The molecule has 166 valence electrons. The third-order valence-electron chi connectivity index (χ3n) is 6.64. The third kappa shape index (κ3) is 4.54. The zero-order valence-electron chi connectivity index (χ0n) is 18.0. The van der Waals surface area contributed by atoms with Crippen LogP contribution in [0.3, 0.4) is 0 Å². The van der Waals surface area contributed by atoms with Gasteiger partial charge in [0.25, 0.3) is 0 Å². The van der Waals surface area contributed by atoms with Gasteiger partial charge in [0.1, 0.15) is 6.04 Å². The van der Waals surface area contributed by atoms with Gasteiger partial charge in [-0.1, -0.05) is 36.8 Å². The monoisotopic (exact) mass is 442 g/mol. The van der Waals surface area contributed by atoms with E-state index in [1.807, 2.05) is 26.0 Å². The average Bonchev–Trinajstić information content (AvgIpc) is 3.10. The second-order valence-corrected chi connectivity index (χ2v) is 10.7. The average molecular weight is 443 g/mol. The van der Waals surface area contributed by atoms with E-state index in [1.165, 1.54) is 24.8 Å². The largest absolute Gasteiger partial charge is 0.392 e. The summed E-state index contributed by atoms with van der Waals surface area (Å²) >= 11 is 0. The van der Waals surface area contributed by atoms with Gasteiger partial charge in [0.15, 0.2) is 0 Å². The van der Waals surface area contributed by atoms with Gasteiger partial charge in [0.05, 0.1) is 11.0 Å². The summed E-state index contributed by atoms with van der Waals surface area (Å²) in [6.07, 6.45) is 3.00. The van der Waals surface area contributed by atoms with Crippen LogP contribution in [0.25, 0.3) is 0 Å². The lowest BCUT2D eigenvalue weighted by atomic mass is 9.80. The van der Waals surface area contributed by atoms with Crippen molar-refractivity contribution in [3.05, 3.63) is 64.7 Å². The summed E-state index contributed by atoms with van der Waals surface area (Å²) in [5.41, 5.74) is 4.18. The van der Waals surface area contributed by atoms with E-state index < -0.39 is 22.2 Å². The fraction of sp³-hybridized carbons (Fsp3) is 0.458. The minimum Gasteiger partial charge on any atom is -0.392 e. The van der Waals surface area contributed by atoms with Crippen molar-refractivity contribution in [1.82, 2.24) is 9.62 Å². The van der Waals surface area contributed by atoms with Crippen LogP contribution in [0.1, 0.15) is 53.9 Å². The predicted octanol–water partition coefficient (Wildman–Crippen LogP) is 3.01. The Hall–Kier alpha value is -2.22. The molecule has 1 saturated carbocycles. The molecule has 31 heavy (non-hydrogen) atoms. The maximum atomic E-state index is 13.2. The molecule has 0 spiro atoms. The standard InChI is InChI=1S/C24H30N2O4S/c1-16-6-11-22(12-17(16)2)31(29,30)26-15-21(27)13-23(26)24(28)25-14-18-7-9-20(10-8-18)19-4-3-5-19/h6-12,19,21,23,27H,3-5,13-15H2,1-2H3,(H,25,28). The van der Waals surface area contributed by atoms with Crippen molar-refractivity contribution in [1.29, 1.82) is 0 Å². The van der Waals surface area contributed by atoms with E-state index in [4.69, 9.17) is 0 Å². The Morgan fingerprint density at radius 1 is 1.10 bits per heavy atom. The molecular weight excluding hydrogens is 412 g/mol. The van der Waals surface area contributed by atoms with Crippen LogP contribution in [0.2, 0.25) is 0 Å². The number of nitrogens with one attached hydrogen (secondary N) is 1. The number of aliphatic hydroxyl groups is 1. The highest BCUT2D eigenvalue weighted by Gasteiger charge is 2.43. The Labute approximate surface area is 184 Å². The van der Waals surface area contributed by atoms with Crippen molar-refractivity contribution in [2.45, 2.75) is 69.0 Å². The first-order valence-corrected chi connectivity index (χ1v) is 12.3. The molecular formula is C24H30N2O4S. The molecule has 1 amide bonds. The van der Waals surface area contributed by atoms with Crippen molar-refractivity contribution in [3.8, 4) is 0 Å². The molecule has 0 aromatic heterocycles. The lowest BCUT2D eigenvalue weighted by molar-refractivity contribution is -0.124. The number of rotatable bonds is 6. The maximum absolute atomic E-state index is 13.2. The molecule has 6 nitrogen and oxygen atoms in total. The van der Waals surface area contributed by atoms with Crippen LogP contribution in [0, 0.1) is 13.8 Å². The molecule has 2 atom stereocenters. The van der Waals surface area contributed by atoms with Crippen molar-refractivity contribution < 1.29 is 18.3 Å². The first-order valence-electron chi connectivity index (χ1n) is 10.9. The van der Waals surface area contributed by atoms with Gasteiger partial charge < -0.3 is 10.4 Å². The van der Waals surface area contributed by atoms with Crippen LogP contribution in [0.5, 0.6) is 0 Å². The van der Waals surface area contributed by atoms with Gasteiger partial charge in [0.2, 0.25) is 15.9 Å². The van der Waals surface area contributed by atoms with Gasteiger partial charge in [0, 0.05) is 19.5 Å². The Bertz CT molecular complexity index is 1060. The summed E-state index contributed by atoms with van der Waals surface area (Å²) in [6, 6.07) is 12.3. The van der Waals surface area contributed by atoms with Gasteiger partial charge in [-0.25, -0.2) is 8.42 Å². The quantitative estimate of drug-likeness (QED) is 0.720. The summed E-state index contributed by atoms with van der Waals surface area (Å²) in [5, 5.41) is 13.0. The number of sulfonamides is 1. The molecule has 0 bridgehead atoms. The van der Waals surface area contributed by atoms with Crippen molar-refractivity contribution in [3.63, 3.8) is 0 Å². The molecule has 7 heteroatoms. The zero-order chi connectivity index (χ0) is 22.2. The van der Waals surface area contributed by atoms with Gasteiger partial charge in [-0.3, -0.25) is 4.79 Å². The molecule has 4 rings (SSSR count). The zero-order valence-corrected chi connectivity index (χ0v) is 18.9. The fourth-order valence-electron chi connectivity index (χ4n) is 4.25. The van der Waals surface area contributed by atoms with Crippen LogP contribution in [-0.4, -0.2) is 42.4 Å². The minimum absolute atomic E-state index is 0.0799. The second-order valence-electron chi connectivity index (χ2n) is 8.81. The van der Waals surface area contributed by atoms with Crippen LogP contribution in [-0.2, 0) is 21.4 Å². The second kappa shape index (κ2) is 8.73. The number of nitrogens with zero attached hydrogens (tertiary/aromatic N) is 1. The Kier molecular flexibility index (Phi) is 6.19. The number of amides is 1. The van der Waals surface area contributed by atoms with Crippen LogP contribution in [0.15, 0.2) is 47.4 Å². The molecule has 2 fully saturated rings. The van der Waals surface area contributed by atoms with E-state index in [2.05, 4.69) is 17.4 Å². The molecule has 2 aromatic rings. The van der Waals surface area contributed by atoms with Crippen molar-refractivity contribution in [2.75, 3.05) is 6.54 Å². The molecule has 2 N–H and O–H groups in total. The van der Waals surface area contributed by atoms with E-state index in [-0.39, 0.29) is 23.8 Å². The highest BCUT2D eigenvalue weighted by Crippen LogP contribution is 2.36. The molecule has 1 heterocycles. The Balaban J connectivity index is 1.45. The summed E-state index contributed by atoms with van der Waals surface area (Å²) in [7, 11) is -3.89. The summed E-state index contributed by atoms with van der Waals surface area (Å²) < 4.78 is 27.5. The first-order chi connectivity index (χ1) is 14.8. The maximum Gasteiger partial charge on any atom is 0.243 e.